The van der Waals surface area contributed by atoms with E-state index >= 15 is 0 Å². The first-order chi connectivity index (χ1) is 14.3. The number of hydrogen-bond donors (Lipinski definition) is 2. The van der Waals surface area contributed by atoms with Crippen molar-refractivity contribution in [3.05, 3.63) is 10.6 Å². The number of unbranched alkanes of at least 4 members (excludes halogenated alkanes) is 1. The minimum atomic E-state index is -0.265. The minimum absolute atomic E-state index is 0.0420. The Morgan fingerprint density at radius 1 is 1.30 bits per heavy atom. The Labute approximate surface area is 183 Å². The van der Waals surface area contributed by atoms with E-state index in [1.54, 1.807) is 11.3 Å². The number of hydrogen-bond acceptors (Lipinski definition) is 7. The lowest BCUT2D eigenvalue weighted by molar-refractivity contribution is -0.136. The smallest absolute Gasteiger partial charge is 0.324 e. The van der Waals surface area contributed by atoms with E-state index < -0.39 is 0 Å². The predicted octanol–water partition coefficient (Wildman–Crippen LogP) is 1.66. The van der Waals surface area contributed by atoms with Gasteiger partial charge in [-0.3, -0.25) is 9.69 Å². The molecule has 1 aromatic heterocycles. The Morgan fingerprint density at radius 2 is 2.07 bits per heavy atom. The summed E-state index contributed by atoms with van der Waals surface area (Å²) >= 11 is 1.59. The van der Waals surface area contributed by atoms with Crippen LogP contribution in [-0.4, -0.2) is 85.0 Å². The number of piperidine rings is 1. The summed E-state index contributed by atoms with van der Waals surface area (Å²) in [5.41, 5.74) is 7.02. The number of fused-ring (bicyclic) bond motifs is 2. The summed E-state index contributed by atoms with van der Waals surface area (Å²) in [4.78, 5) is 37.7. The normalized spacial score (nSPS) is 23.7. The van der Waals surface area contributed by atoms with Crippen molar-refractivity contribution < 1.29 is 9.59 Å². The van der Waals surface area contributed by atoms with Crippen molar-refractivity contribution in [1.29, 1.82) is 0 Å². The van der Waals surface area contributed by atoms with Crippen molar-refractivity contribution in [3.8, 4) is 0 Å². The zero-order valence-corrected chi connectivity index (χ0v) is 19.5. The molecule has 0 radical (unpaired) electrons. The molecule has 3 amide bonds. The number of likely N-dealkylation sites (tertiary alicyclic amines) is 1. The molecule has 8 nitrogen and oxygen atoms in total. The van der Waals surface area contributed by atoms with Crippen LogP contribution in [0.25, 0.3) is 0 Å². The van der Waals surface area contributed by atoms with E-state index in [4.69, 9.17) is 5.73 Å². The highest BCUT2D eigenvalue weighted by Crippen LogP contribution is 2.39. The number of rotatable bonds is 7. The first-order valence-electron chi connectivity index (χ1n) is 11.0. The van der Waals surface area contributed by atoms with E-state index in [0.29, 0.717) is 36.7 Å². The van der Waals surface area contributed by atoms with Gasteiger partial charge in [0.05, 0.1) is 11.6 Å². The van der Waals surface area contributed by atoms with Gasteiger partial charge in [-0.15, -0.1) is 11.3 Å². The van der Waals surface area contributed by atoms with E-state index in [2.05, 4.69) is 29.2 Å². The third-order valence-electron chi connectivity index (χ3n) is 6.28. The molecule has 3 N–H and O–H groups in total. The van der Waals surface area contributed by atoms with Crippen LogP contribution in [0, 0.1) is 11.8 Å². The van der Waals surface area contributed by atoms with E-state index in [-0.39, 0.29) is 17.9 Å². The average molecular weight is 437 g/mol. The summed E-state index contributed by atoms with van der Waals surface area (Å²) in [5.74, 6) is 0.168. The Balaban J connectivity index is 1.68. The lowest BCUT2D eigenvalue weighted by Crippen LogP contribution is -2.55. The summed E-state index contributed by atoms with van der Waals surface area (Å²) in [7, 11) is 6.03. The summed E-state index contributed by atoms with van der Waals surface area (Å²) < 4.78 is 0. The second-order valence-electron chi connectivity index (χ2n) is 8.91. The van der Waals surface area contributed by atoms with Gasteiger partial charge < -0.3 is 20.9 Å². The van der Waals surface area contributed by atoms with Gasteiger partial charge in [0.15, 0.2) is 5.13 Å². The summed E-state index contributed by atoms with van der Waals surface area (Å²) in [6, 6.07) is 0.151. The lowest BCUT2D eigenvalue weighted by Gasteiger charge is -2.45. The number of amides is 3. The van der Waals surface area contributed by atoms with Crippen LogP contribution < -0.4 is 11.1 Å². The Kier molecular flexibility index (Phi) is 7.70. The molecule has 3 rings (SSSR count). The maximum atomic E-state index is 13.4. The maximum absolute atomic E-state index is 13.4. The van der Waals surface area contributed by atoms with Crippen LogP contribution in [0.4, 0.5) is 9.93 Å². The SMILES string of the molecule is CCCCN(C(=O)NCCN(C)C)C(=O)[C@@H]1C[C@@H]2Cc3nc(N)sc3C[C@H]2N(C)C1. The number of imide groups is 1. The van der Waals surface area contributed by atoms with Crippen LogP contribution >= 0.6 is 11.3 Å². The summed E-state index contributed by atoms with van der Waals surface area (Å²) in [6.07, 6.45) is 4.39. The molecule has 1 saturated heterocycles. The van der Waals surface area contributed by atoms with Crippen molar-refractivity contribution in [2.24, 2.45) is 11.8 Å². The fourth-order valence-corrected chi connectivity index (χ4v) is 5.56. The Morgan fingerprint density at radius 3 is 2.77 bits per heavy atom. The Hall–Kier alpha value is -1.71. The number of carbonyl (C=O) groups excluding carboxylic acids is 2. The fraction of sp³-hybridized carbons (Fsp3) is 0.762. The first-order valence-corrected chi connectivity index (χ1v) is 11.8. The third kappa shape index (κ3) is 5.31. The van der Waals surface area contributed by atoms with Gasteiger partial charge in [-0.25, -0.2) is 9.78 Å². The van der Waals surface area contributed by atoms with Gasteiger partial charge in [0, 0.05) is 37.1 Å². The van der Waals surface area contributed by atoms with E-state index in [0.717, 1.165) is 44.3 Å². The number of anilines is 1. The van der Waals surface area contributed by atoms with Crippen LogP contribution in [0.1, 0.15) is 36.8 Å². The summed E-state index contributed by atoms with van der Waals surface area (Å²) in [5, 5.41) is 3.55. The van der Waals surface area contributed by atoms with Gasteiger partial charge in [0.25, 0.3) is 0 Å². The zero-order valence-electron chi connectivity index (χ0n) is 18.7. The molecule has 1 aliphatic carbocycles. The Bertz CT molecular complexity index is 752. The van der Waals surface area contributed by atoms with Gasteiger partial charge in [-0.1, -0.05) is 13.3 Å². The van der Waals surface area contributed by atoms with Gasteiger partial charge in [-0.05, 0) is 52.7 Å². The van der Waals surface area contributed by atoms with Crippen molar-refractivity contribution >= 4 is 28.4 Å². The van der Waals surface area contributed by atoms with Crippen LogP contribution in [0.5, 0.6) is 0 Å². The molecule has 1 aliphatic heterocycles. The van der Waals surface area contributed by atoms with Gasteiger partial charge in [0.2, 0.25) is 5.91 Å². The first kappa shape index (κ1) is 23.0. The number of urea groups is 1. The predicted molar refractivity (Wildman–Crippen MR) is 121 cm³/mol. The molecule has 3 atom stereocenters. The molecule has 1 fully saturated rings. The van der Waals surface area contributed by atoms with Crippen molar-refractivity contribution in [2.45, 2.75) is 45.1 Å². The van der Waals surface area contributed by atoms with Crippen molar-refractivity contribution in [3.63, 3.8) is 0 Å². The second-order valence-corrected chi connectivity index (χ2v) is 10.0. The van der Waals surface area contributed by atoms with E-state index in [1.807, 2.05) is 19.0 Å². The maximum Gasteiger partial charge on any atom is 0.324 e. The van der Waals surface area contributed by atoms with E-state index in [9.17, 15) is 9.59 Å². The molecule has 2 heterocycles. The molecule has 2 aliphatic rings. The standard InChI is InChI=1S/C21H36N6O2S/c1-5-6-8-27(21(29)23-7-9-25(2)3)19(28)15-10-14-11-16-18(30-20(22)24-16)12-17(14)26(4)13-15/h14-15,17H,5-13H2,1-4H3,(H2,22,24)(H,23,29)/t14-,15-,17-/m1/s1. The molecule has 0 unspecified atom stereocenters. The molecular weight excluding hydrogens is 400 g/mol. The highest BCUT2D eigenvalue weighted by molar-refractivity contribution is 7.15. The lowest BCUT2D eigenvalue weighted by atomic mass is 9.75. The zero-order chi connectivity index (χ0) is 21.8. The highest BCUT2D eigenvalue weighted by Gasteiger charge is 2.42. The molecule has 0 spiro atoms. The van der Waals surface area contributed by atoms with Crippen LogP contribution in [0.2, 0.25) is 0 Å². The number of nitrogens with one attached hydrogen (secondary N) is 1. The molecule has 1 aromatic rings. The van der Waals surface area contributed by atoms with Crippen LogP contribution in [0.3, 0.4) is 0 Å². The van der Waals surface area contributed by atoms with Crippen LogP contribution in [-0.2, 0) is 17.6 Å². The van der Waals surface area contributed by atoms with Gasteiger partial charge >= 0.3 is 6.03 Å². The molecule has 168 valence electrons. The number of carbonyl (C=O) groups is 2. The quantitative estimate of drug-likeness (QED) is 0.675. The molecule has 0 aromatic carbocycles. The van der Waals surface area contributed by atoms with Crippen LogP contribution in [0.15, 0.2) is 0 Å². The number of nitrogens with zero attached hydrogens (tertiary/aromatic N) is 4. The fourth-order valence-electron chi connectivity index (χ4n) is 4.65. The number of likely N-dealkylation sites (N-methyl/N-ethyl adjacent to an activating group) is 2. The van der Waals surface area contributed by atoms with Gasteiger partial charge in [-0.2, -0.15) is 0 Å². The molecular formula is C21H36N6O2S. The molecule has 0 saturated carbocycles. The highest BCUT2D eigenvalue weighted by atomic mass is 32.1. The minimum Gasteiger partial charge on any atom is -0.375 e. The monoisotopic (exact) mass is 436 g/mol. The average Bonchev–Trinajstić information content (AvgIpc) is 3.05. The summed E-state index contributed by atoms with van der Waals surface area (Å²) in [6.45, 7) is 4.52. The third-order valence-corrected chi connectivity index (χ3v) is 7.23. The molecule has 9 heteroatoms. The number of aromatic nitrogens is 1. The van der Waals surface area contributed by atoms with Gasteiger partial charge in [0.1, 0.15) is 0 Å². The van der Waals surface area contributed by atoms with Crippen molar-refractivity contribution in [1.82, 2.24) is 25.0 Å². The largest absolute Gasteiger partial charge is 0.375 e. The molecule has 30 heavy (non-hydrogen) atoms. The van der Waals surface area contributed by atoms with E-state index in [1.165, 1.54) is 9.78 Å². The second kappa shape index (κ2) is 10.1. The van der Waals surface area contributed by atoms with Crippen molar-refractivity contribution in [2.75, 3.05) is 53.1 Å². The molecule has 0 bridgehead atoms. The topological polar surface area (TPSA) is 94.8 Å². The number of nitrogen functional groups attached to an aromatic ring is 1. The number of thiazole rings is 1. The number of nitrogens with two attached hydrogens (primary N) is 1.